The van der Waals surface area contributed by atoms with Crippen LogP contribution in [0.4, 0.5) is 4.39 Å². The van der Waals surface area contributed by atoms with E-state index in [4.69, 9.17) is 9.47 Å². The fraction of sp³-hybridized carbons (Fsp3) is 0.286. The number of nitrogens with one attached hydrogen (secondary N) is 1. The number of morpholine rings is 1. The van der Waals surface area contributed by atoms with Crippen LogP contribution >= 0.6 is 0 Å². The van der Waals surface area contributed by atoms with E-state index in [2.05, 4.69) is 15.2 Å². The average molecular weight is 489 g/mol. The van der Waals surface area contributed by atoms with Crippen molar-refractivity contribution in [3.8, 4) is 5.75 Å². The Morgan fingerprint density at radius 3 is 2.69 bits per heavy atom. The van der Waals surface area contributed by atoms with Crippen LogP contribution < -0.4 is 10.1 Å². The van der Waals surface area contributed by atoms with Crippen molar-refractivity contribution in [2.45, 2.75) is 19.6 Å². The van der Waals surface area contributed by atoms with Gasteiger partial charge in [-0.2, -0.15) is 0 Å². The molecule has 186 valence electrons. The number of hydrogen-bond acceptors (Lipinski definition) is 5. The van der Waals surface area contributed by atoms with Gasteiger partial charge >= 0.3 is 0 Å². The van der Waals surface area contributed by atoms with Gasteiger partial charge in [-0.15, -0.1) is 0 Å². The van der Waals surface area contributed by atoms with Gasteiger partial charge in [-0.05, 0) is 60.5 Å². The number of benzene rings is 2. The smallest absolute Gasteiger partial charge is 0.251 e. The fourth-order valence-electron chi connectivity index (χ4n) is 4.44. The van der Waals surface area contributed by atoms with E-state index >= 15 is 0 Å². The van der Waals surface area contributed by atoms with Crippen molar-refractivity contribution in [1.82, 2.24) is 19.6 Å². The van der Waals surface area contributed by atoms with Crippen LogP contribution in [0.25, 0.3) is 5.65 Å². The third kappa shape index (κ3) is 5.72. The van der Waals surface area contributed by atoms with Gasteiger partial charge in [0.15, 0.2) is 0 Å². The van der Waals surface area contributed by atoms with Crippen LogP contribution in [0.15, 0.2) is 73.1 Å². The molecule has 3 heterocycles. The zero-order valence-corrected chi connectivity index (χ0v) is 20.2. The predicted octanol–water partition coefficient (Wildman–Crippen LogP) is 4.16. The van der Waals surface area contributed by atoms with E-state index < -0.39 is 0 Å². The van der Waals surface area contributed by atoms with Gasteiger partial charge < -0.3 is 19.2 Å². The van der Waals surface area contributed by atoms with Crippen LogP contribution in [0.1, 0.15) is 33.2 Å². The molecule has 4 aromatic rings. The minimum atomic E-state index is -0.286. The highest BCUT2D eigenvalue weighted by Gasteiger charge is 2.23. The molecule has 0 saturated carbocycles. The summed E-state index contributed by atoms with van der Waals surface area (Å²) in [6.45, 7) is 5.45. The number of amides is 1. The largest absolute Gasteiger partial charge is 0.487 e. The molecule has 0 bridgehead atoms. The maximum Gasteiger partial charge on any atom is 0.251 e. The van der Waals surface area contributed by atoms with Crippen molar-refractivity contribution in [2.24, 2.45) is 0 Å². The van der Waals surface area contributed by atoms with E-state index in [1.54, 1.807) is 30.3 Å². The van der Waals surface area contributed by atoms with E-state index in [9.17, 15) is 9.18 Å². The van der Waals surface area contributed by atoms with Crippen LogP contribution in [0, 0.1) is 12.7 Å². The number of carbonyl (C=O) groups is 1. The monoisotopic (exact) mass is 488 g/mol. The van der Waals surface area contributed by atoms with Gasteiger partial charge in [0, 0.05) is 37.6 Å². The molecule has 0 aliphatic carbocycles. The van der Waals surface area contributed by atoms with Gasteiger partial charge in [0.1, 0.15) is 23.8 Å². The molecule has 5 rings (SSSR count). The summed E-state index contributed by atoms with van der Waals surface area (Å²) in [4.78, 5) is 19.6. The second kappa shape index (κ2) is 10.9. The van der Waals surface area contributed by atoms with Crippen LogP contribution in [0.3, 0.4) is 0 Å². The number of fused-ring (bicyclic) bond motifs is 1. The number of rotatable bonds is 8. The number of pyridine rings is 1. The maximum absolute atomic E-state index is 13.9. The molecule has 1 fully saturated rings. The number of hydrogen-bond donors (Lipinski definition) is 1. The topological polar surface area (TPSA) is 68.1 Å². The Morgan fingerprint density at radius 2 is 1.92 bits per heavy atom. The Kier molecular flexibility index (Phi) is 7.25. The summed E-state index contributed by atoms with van der Waals surface area (Å²) in [7, 11) is 0. The van der Waals surface area contributed by atoms with Crippen LogP contribution in [0.5, 0.6) is 5.75 Å². The maximum atomic E-state index is 13.9. The van der Waals surface area contributed by atoms with Crippen molar-refractivity contribution >= 4 is 11.6 Å². The van der Waals surface area contributed by atoms with E-state index in [0.717, 1.165) is 35.6 Å². The fourth-order valence-corrected chi connectivity index (χ4v) is 4.44. The first kappa shape index (κ1) is 24.0. The number of ether oxygens (including phenoxy) is 2. The van der Waals surface area contributed by atoms with E-state index in [1.807, 2.05) is 41.9 Å². The third-order valence-electron chi connectivity index (χ3n) is 6.33. The quantitative estimate of drug-likeness (QED) is 0.403. The molecular formula is C28H29FN4O3. The first-order chi connectivity index (χ1) is 17.5. The lowest BCUT2D eigenvalue weighted by Gasteiger charge is -2.35. The Morgan fingerprint density at radius 1 is 1.11 bits per heavy atom. The molecule has 0 spiro atoms. The normalized spacial score (nSPS) is 15.1. The molecule has 1 aliphatic heterocycles. The molecule has 36 heavy (non-hydrogen) atoms. The van der Waals surface area contributed by atoms with Crippen molar-refractivity contribution < 1.29 is 18.7 Å². The molecule has 1 aliphatic rings. The Labute approximate surface area is 209 Å². The molecule has 1 atom stereocenters. The Hall–Kier alpha value is -3.75. The summed E-state index contributed by atoms with van der Waals surface area (Å²) in [6.07, 6.45) is 3.98. The number of aryl methyl sites for hydroxylation is 1. The van der Waals surface area contributed by atoms with Gasteiger partial charge in [-0.3, -0.25) is 9.69 Å². The predicted molar refractivity (Wildman–Crippen MR) is 135 cm³/mol. The van der Waals surface area contributed by atoms with Crippen LogP contribution in [-0.2, 0) is 11.3 Å². The number of imidazole rings is 1. The molecule has 2 aromatic carbocycles. The van der Waals surface area contributed by atoms with Crippen molar-refractivity contribution in [2.75, 3.05) is 32.8 Å². The minimum absolute atomic E-state index is 0.134. The molecule has 2 aromatic heterocycles. The lowest BCUT2D eigenvalue weighted by molar-refractivity contribution is 0.0162. The summed E-state index contributed by atoms with van der Waals surface area (Å²) in [6, 6.07) is 17.5. The zero-order chi connectivity index (χ0) is 24.9. The summed E-state index contributed by atoms with van der Waals surface area (Å²) in [5, 5.41) is 3.01. The highest BCUT2D eigenvalue weighted by atomic mass is 19.1. The number of aromatic nitrogens is 2. The van der Waals surface area contributed by atoms with E-state index in [0.29, 0.717) is 37.7 Å². The second-order valence-electron chi connectivity index (χ2n) is 8.95. The minimum Gasteiger partial charge on any atom is -0.487 e. The van der Waals surface area contributed by atoms with E-state index in [-0.39, 0.29) is 17.8 Å². The first-order valence-corrected chi connectivity index (χ1v) is 12.1. The first-order valence-electron chi connectivity index (χ1n) is 12.1. The number of nitrogens with zero attached hydrogens (tertiary/aromatic N) is 3. The number of halogens is 1. The standard InChI is InChI=1S/C28H29FN4O3/c1-20-5-10-27-31-24(18-33(27)17-20)19-36-25-8-6-21(7-9-25)28(34)30-16-26(32-11-13-35-14-12-32)22-3-2-4-23(29)15-22/h2-10,15,17-18,26H,11-14,16,19H2,1H3,(H,30,34). The van der Waals surface area contributed by atoms with Crippen LogP contribution in [0.2, 0.25) is 0 Å². The Bertz CT molecular complexity index is 1330. The molecule has 1 unspecified atom stereocenters. The van der Waals surface area contributed by atoms with Crippen molar-refractivity contribution in [3.05, 3.63) is 101 Å². The van der Waals surface area contributed by atoms with Gasteiger partial charge in [0.2, 0.25) is 0 Å². The van der Waals surface area contributed by atoms with Gasteiger partial charge in [0.25, 0.3) is 5.91 Å². The molecule has 8 heteroatoms. The van der Waals surface area contributed by atoms with Crippen molar-refractivity contribution in [3.63, 3.8) is 0 Å². The summed E-state index contributed by atoms with van der Waals surface area (Å²) in [5.41, 5.74) is 4.23. The van der Waals surface area contributed by atoms with Gasteiger partial charge in [-0.1, -0.05) is 18.2 Å². The highest BCUT2D eigenvalue weighted by Crippen LogP contribution is 2.22. The van der Waals surface area contributed by atoms with Gasteiger partial charge in [-0.25, -0.2) is 9.37 Å². The number of carbonyl (C=O) groups excluding carboxylic acids is 1. The molecular weight excluding hydrogens is 459 g/mol. The lowest BCUT2D eigenvalue weighted by Crippen LogP contribution is -2.43. The molecule has 0 radical (unpaired) electrons. The zero-order valence-electron chi connectivity index (χ0n) is 20.2. The molecule has 7 nitrogen and oxygen atoms in total. The summed E-state index contributed by atoms with van der Waals surface area (Å²) < 4.78 is 27.2. The SMILES string of the molecule is Cc1ccc2nc(COc3ccc(C(=O)NCC(c4cccc(F)c4)N4CCOCC4)cc3)cn2c1. The highest BCUT2D eigenvalue weighted by molar-refractivity contribution is 5.94. The van der Waals surface area contributed by atoms with Crippen molar-refractivity contribution in [1.29, 1.82) is 0 Å². The lowest BCUT2D eigenvalue weighted by atomic mass is 10.0. The molecule has 1 amide bonds. The molecule has 1 saturated heterocycles. The van der Waals surface area contributed by atoms with Crippen LogP contribution in [-0.4, -0.2) is 53.0 Å². The average Bonchev–Trinajstić information content (AvgIpc) is 3.30. The molecule has 1 N–H and O–H groups in total. The third-order valence-corrected chi connectivity index (χ3v) is 6.33. The van der Waals surface area contributed by atoms with Gasteiger partial charge in [0.05, 0.1) is 24.9 Å². The van der Waals surface area contributed by atoms with E-state index in [1.165, 1.54) is 12.1 Å². The summed E-state index contributed by atoms with van der Waals surface area (Å²) >= 11 is 0. The second-order valence-corrected chi connectivity index (χ2v) is 8.95. The Balaban J connectivity index is 1.19. The summed E-state index contributed by atoms with van der Waals surface area (Å²) in [5.74, 6) is 0.184.